The summed E-state index contributed by atoms with van der Waals surface area (Å²) >= 11 is 0. The molecule has 0 fully saturated rings. The number of rotatable bonds is 4. The molecule has 0 heterocycles. The van der Waals surface area contributed by atoms with E-state index in [1.165, 1.54) is 6.07 Å². The molecule has 0 amide bonds. The summed E-state index contributed by atoms with van der Waals surface area (Å²) in [6.07, 6.45) is 0. The van der Waals surface area contributed by atoms with Gasteiger partial charge in [0.2, 0.25) is 0 Å². The van der Waals surface area contributed by atoms with Crippen LogP contribution >= 0.6 is 0 Å². The van der Waals surface area contributed by atoms with E-state index >= 15 is 0 Å². The summed E-state index contributed by atoms with van der Waals surface area (Å²) in [4.78, 5) is 1.90. The topological polar surface area (TPSA) is 38.5 Å². The van der Waals surface area contributed by atoms with Gasteiger partial charge in [0.1, 0.15) is 5.82 Å². The van der Waals surface area contributed by atoms with Gasteiger partial charge in [-0.1, -0.05) is 6.07 Å². The Bertz CT molecular complexity index is 330. The maximum atomic E-state index is 13.2. The van der Waals surface area contributed by atoms with E-state index in [1.54, 1.807) is 19.2 Å². The molecule has 0 spiro atoms. The number of ether oxygens (including phenoxy) is 1. The van der Waals surface area contributed by atoms with Crippen LogP contribution in [0.3, 0.4) is 0 Å². The normalized spacial score (nSPS) is 12.5. The van der Waals surface area contributed by atoms with Gasteiger partial charge in [-0.3, -0.25) is 0 Å². The Morgan fingerprint density at radius 1 is 1.53 bits per heavy atom. The van der Waals surface area contributed by atoms with Crippen molar-refractivity contribution < 1.29 is 9.13 Å². The third-order valence-electron chi connectivity index (χ3n) is 2.48. The van der Waals surface area contributed by atoms with Crippen LogP contribution in [0.1, 0.15) is 6.92 Å². The number of methoxy groups -OCH3 is 1. The number of halogens is 1. The second-order valence-electron chi connectivity index (χ2n) is 3.59. The molecule has 84 valence electrons. The average molecular weight is 212 g/mol. The molecule has 15 heavy (non-hydrogen) atoms. The van der Waals surface area contributed by atoms with Gasteiger partial charge in [0.15, 0.2) is 0 Å². The highest BCUT2D eigenvalue weighted by molar-refractivity contribution is 5.68. The lowest BCUT2D eigenvalue weighted by atomic mass is 10.2. The lowest BCUT2D eigenvalue weighted by Gasteiger charge is -2.27. The zero-order chi connectivity index (χ0) is 11.4. The zero-order valence-corrected chi connectivity index (χ0v) is 9.33. The molecule has 3 nitrogen and oxygen atoms in total. The number of nitrogen functional groups attached to an aromatic ring is 1. The molecule has 0 aliphatic heterocycles. The SMILES string of the molecule is COCC(C)N(C)c1cccc(F)c1N. The highest BCUT2D eigenvalue weighted by atomic mass is 19.1. The highest BCUT2D eigenvalue weighted by Gasteiger charge is 2.13. The molecular formula is C11H17FN2O. The molecule has 2 N–H and O–H groups in total. The van der Waals surface area contributed by atoms with Crippen LogP contribution in [0.25, 0.3) is 0 Å². The predicted molar refractivity (Wildman–Crippen MR) is 60.6 cm³/mol. The molecule has 0 radical (unpaired) electrons. The standard InChI is InChI=1S/C11H17FN2O/c1-8(7-15-3)14(2)10-6-4-5-9(12)11(10)13/h4-6,8H,7,13H2,1-3H3. The third kappa shape index (κ3) is 2.59. The molecule has 0 aliphatic rings. The van der Waals surface area contributed by atoms with Crippen molar-refractivity contribution in [1.82, 2.24) is 0 Å². The molecular weight excluding hydrogens is 195 g/mol. The van der Waals surface area contributed by atoms with Gasteiger partial charge in [-0.2, -0.15) is 0 Å². The molecule has 1 aromatic rings. The van der Waals surface area contributed by atoms with Crippen LogP contribution in [0.5, 0.6) is 0 Å². The van der Waals surface area contributed by atoms with Gasteiger partial charge in [-0.15, -0.1) is 0 Å². The van der Waals surface area contributed by atoms with Crippen molar-refractivity contribution in [1.29, 1.82) is 0 Å². The fraction of sp³-hybridized carbons (Fsp3) is 0.455. The molecule has 1 atom stereocenters. The molecule has 1 rings (SSSR count). The summed E-state index contributed by atoms with van der Waals surface area (Å²) in [6.45, 7) is 2.57. The summed E-state index contributed by atoms with van der Waals surface area (Å²) < 4.78 is 18.2. The van der Waals surface area contributed by atoms with E-state index in [-0.39, 0.29) is 17.5 Å². The van der Waals surface area contributed by atoms with Crippen molar-refractivity contribution in [2.24, 2.45) is 0 Å². The van der Waals surface area contributed by atoms with E-state index in [0.29, 0.717) is 12.3 Å². The van der Waals surface area contributed by atoms with Gasteiger partial charge < -0.3 is 15.4 Å². The maximum Gasteiger partial charge on any atom is 0.148 e. The first kappa shape index (κ1) is 11.8. The summed E-state index contributed by atoms with van der Waals surface area (Å²) in [7, 11) is 3.51. The van der Waals surface area contributed by atoms with Crippen LogP contribution in [0.15, 0.2) is 18.2 Å². The Morgan fingerprint density at radius 3 is 2.80 bits per heavy atom. The van der Waals surface area contributed by atoms with Gasteiger partial charge in [-0.25, -0.2) is 4.39 Å². The van der Waals surface area contributed by atoms with E-state index in [2.05, 4.69) is 0 Å². The summed E-state index contributed by atoms with van der Waals surface area (Å²) in [5.41, 5.74) is 6.54. The van der Waals surface area contributed by atoms with Gasteiger partial charge in [0, 0.05) is 20.2 Å². The fourth-order valence-corrected chi connectivity index (χ4v) is 1.42. The number of nitrogens with two attached hydrogens (primary N) is 1. The van der Waals surface area contributed by atoms with E-state index in [4.69, 9.17) is 10.5 Å². The van der Waals surface area contributed by atoms with Crippen molar-refractivity contribution in [2.75, 3.05) is 31.4 Å². The Labute approximate surface area is 89.6 Å². The van der Waals surface area contributed by atoms with E-state index in [0.717, 1.165) is 0 Å². The summed E-state index contributed by atoms with van der Waals surface area (Å²) in [5, 5.41) is 0. The number of nitrogens with zero attached hydrogens (tertiary/aromatic N) is 1. The molecule has 0 bridgehead atoms. The van der Waals surface area contributed by atoms with Crippen LogP contribution in [0.2, 0.25) is 0 Å². The minimum atomic E-state index is -0.385. The summed E-state index contributed by atoms with van der Waals surface area (Å²) in [5.74, 6) is -0.385. The van der Waals surface area contributed by atoms with E-state index in [9.17, 15) is 4.39 Å². The Hall–Kier alpha value is -1.29. The number of anilines is 2. The van der Waals surface area contributed by atoms with Crippen molar-refractivity contribution in [3.8, 4) is 0 Å². The Balaban J connectivity index is 2.90. The monoisotopic (exact) mass is 212 g/mol. The zero-order valence-electron chi connectivity index (χ0n) is 9.33. The van der Waals surface area contributed by atoms with E-state index in [1.807, 2.05) is 18.9 Å². The van der Waals surface area contributed by atoms with Crippen LogP contribution in [-0.4, -0.2) is 26.8 Å². The third-order valence-corrected chi connectivity index (χ3v) is 2.48. The smallest absolute Gasteiger partial charge is 0.148 e. The van der Waals surface area contributed by atoms with Crippen molar-refractivity contribution in [2.45, 2.75) is 13.0 Å². The lowest BCUT2D eigenvalue weighted by molar-refractivity contribution is 0.183. The van der Waals surface area contributed by atoms with Crippen LogP contribution in [0.4, 0.5) is 15.8 Å². The number of benzene rings is 1. The van der Waals surface area contributed by atoms with Gasteiger partial charge in [0.05, 0.1) is 18.0 Å². The predicted octanol–water partition coefficient (Wildman–Crippen LogP) is 1.88. The molecule has 4 heteroatoms. The van der Waals surface area contributed by atoms with Crippen molar-refractivity contribution >= 4 is 11.4 Å². The van der Waals surface area contributed by atoms with Crippen molar-refractivity contribution in [3.63, 3.8) is 0 Å². The molecule has 0 aliphatic carbocycles. The van der Waals surface area contributed by atoms with Crippen LogP contribution in [-0.2, 0) is 4.74 Å². The number of hydrogen-bond donors (Lipinski definition) is 1. The van der Waals surface area contributed by atoms with E-state index < -0.39 is 0 Å². The highest BCUT2D eigenvalue weighted by Crippen LogP contribution is 2.25. The quantitative estimate of drug-likeness (QED) is 0.774. The van der Waals surface area contributed by atoms with Crippen LogP contribution in [0, 0.1) is 5.82 Å². The maximum absolute atomic E-state index is 13.2. The second kappa shape index (κ2) is 4.98. The van der Waals surface area contributed by atoms with Gasteiger partial charge >= 0.3 is 0 Å². The first-order valence-electron chi connectivity index (χ1n) is 4.83. The first-order valence-corrected chi connectivity index (χ1v) is 4.83. The molecule has 0 aromatic heterocycles. The number of hydrogen-bond acceptors (Lipinski definition) is 3. The minimum absolute atomic E-state index is 0.152. The Kier molecular flexibility index (Phi) is 3.91. The molecule has 1 unspecified atom stereocenters. The second-order valence-corrected chi connectivity index (χ2v) is 3.59. The van der Waals surface area contributed by atoms with Crippen molar-refractivity contribution in [3.05, 3.63) is 24.0 Å². The number of likely N-dealkylation sites (N-methyl/N-ethyl adjacent to an activating group) is 1. The summed E-state index contributed by atoms with van der Waals surface area (Å²) in [6, 6.07) is 4.95. The van der Waals surface area contributed by atoms with Gasteiger partial charge in [0.25, 0.3) is 0 Å². The van der Waals surface area contributed by atoms with Crippen LogP contribution < -0.4 is 10.6 Å². The first-order chi connectivity index (χ1) is 7.07. The minimum Gasteiger partial charge on any atom is -0.395 e. The largest absolute Gasteiger partial charge is 0.395 e. The van der Waals surface area contributed by atoms with Gasteiger partial charge in [-0.05, 0) is 19.1 Å². The average Bonchev–Trinajstić information content (AvgIpc) is 2.21. The Morgan fingerprint density at radius 2 is 2.20 bits per heavy atom. The molecule has 0 saturated carbocycles. The fourth-order valence-electron chi connectivity index (χ4n) is 1.42. The molecule has 1 aromatic carbocycles. The number of para-hydroxylation sites is 1. The lowest BCUT2D eigenvalue weighted by Crippen LogP contribution is -2.33. The molecule has 0 saturated heterocycles.